The lowest BCUT2D eigenvalue weighted by Gasteiger charge is -2.34. The molecule has 3 aromatic carbocycles. The SMILES string of the molecule is COc1ccc(NC2(c3cc(F)cc(F)c3)C(=O)N(C(C)(C)C)C(=O)C2=Cc2ccccc2)cc1. The summed E-state index contributed by atoms with van der Waals surface area (Å²) in [4.78, 5) is 29.1. The van der Waals surface area contributed by atoms with Crippen LogP contribution in [0.15, 0.2) is 78.4 Å². The minimum absolute atomic E-state index is 0.0156. The number of carbonyl (C=O) groups excluding carboxylic acids is 2. The normalized spacial score (nSPS) is 19.4. The molecule has 180 valence electrons. The van der Waals surface area contributed by atoms with Crippen LogP contribution in [-0.4, -0.2) is 29.4 Å². The number of benzene rings is 3. The van der Waals surface area contributed by atoms with E-state index in [-0.39, 0.29) is 11.1 Å². The maximum atomic E-state index is 14.5. The molecule has 0 saturated carbocycles. The van der Waals surface area contributed by atoms with E-state index in [4.69, 9.17) is 4.74 Å². The minimum Gasteiger partial charge on any atom is -0.497 e. The van der Waals surface area contributed by atoms with E-state index in [0.717, 1.165) is 23.1 Å². The molecule has 0 aromatic heterocycles. The Hall–Kier alpha value is -4.00. The van der Waals surface area contributed by atoms with Gasteiger partial charge in [-0.05, 0) is 74.4 Å². The van der Waals surface area contributed by atoms with Crippen molar-refractivity contribution in [2.45, 2.75) is 31.8 Å². The number of methoxy groups -OCH3 is 1. The molecule has 7 heteroatoms. The topological polar surface area (TPSA) is 58.6 Å². The van der Waals surface area contributed by atoms with Gasteiger partial charge in [0.2, 0.25) is 0 Å². The summed E-state index contributed by atoms with van der Waals surface area (Å²) in [6.45, 7) is 5.20. The number of imide groups is 1. The molecule has 1 fully saturated rings. The van der Waals surface area contributed by atoms with Crippen molar-refractivity contribution in [1.82, 2.24) is 4.90 Å². The van der Waals surface area contributed by atoms with Crippen LogP contribution in [0.3, 0.4) is 0 Å². The molecule has 1 saturated heterocycles. The fraction of sp³-hybridized carbons (Fsp3) is 0.214. The molecule has 2 amide bonds. The van der Waals surface area contributed by atoms with Gasteiger partial charge >= 0.3 is 0 Å². The summed E-state index contributed by atoms with van der Waals surface area (Å²) < 4.78 is 34.2. The highest BCUT2D eigenvalue weighted by Gasteiger charge is 2.59. The summed E-state index contributed by atoms with van der Waals surface area (Å²) in [6, 6.07) is 18.6. The number of rotatable bonds is 5. The van der Waals surface area contributed by atoms with Crippen LogP contribution >= 0.6 is 0 Å². The van der Waals surface area contributed by atoms with Crippen LogP contribution < -0.4 is 10.1 Å². The van der Waals surface area contributed by atoms with Crippen molar-refractivity contribution < 1.29 is 23.1 Å². The first-order valence-corrected chi connectivity index (χ1v) is 11.1. The molecule has 1 aliphatic rings. The van der Waals surface area contributed by atoms with Crippen LogP contribution in [-0.2, 0) is 15.1 Å². The van der Waals surface area contributed by atoms with Gasteiger partial charge in [0.25, 0.3) is 11.8 Å². The number of nitrogens with one attached hydrogen (secondary N) is 1. The first-order chi connectivity index (χ1) is 16.6. The maximum Gasteiger partial charge on any atom is 0.265 e. The molecule has 0 spiro atoms. The van der Waals surface area contributed by atoms with Gasteiger partial charge in [0.1, 0.15) is 17.4 Å². The van der Waals surface area contributed by atoms with Gasteiger partial charge in [0.15, 0.2) is 5.54 Å². The van der Waals surface area contributed by atoms with Crippen molar-refractivity contribution in [3.63, 3.8) is 0 Å². The molecular weight excluding hydrogens is 450 g/mol. The Balaban J connectivity index is 2.03. The Bertz CT molecular complexity index is 1280. The van der Waals surface area contributed by atoms with Gasteiger partial charge in [0.05, 0.1) is 12.7 Å². The molecule has 5 nitrogen and oxygen atoms in total. The van der Waals surface area contributed by atoms with Gasteiger partial charge in [-0.3, -0.25) is 14.5 Å². The van der Waals surface area contributed by atoms with E-state index < -0.39 is 34.5 Å². The third-order valence-corrected chi connectivity index (χ3v) is 5.86. The van der Waals surface area contributed by atoms with Crippen LogP contribution in [0.25, 0.3) is 6.08 Å². The van der Waals surface area contributed by atoms with Crippen LogP contribution in [0, 0.1) is 11.6 Å². The van der Waals surface area contributed by atoms with Crippen LogP contribution in [0.5, 0.6) is 5.75 Å². The van der Waals surface area contributed by atoms with Gasteiger partial charge in [-0.15, -0.1) is 0 Å². The molecule has 1 atom stereocenters. The zero-order valence-corrected chi connectivity index (χ0v) is 19.9. The lowest BCUT2D eigenvalue weighted by Crippen LogP contribution is -2.50. The maximum absolute atomic E-state index is 14.5. The fourth-order valence-corrected chi connectivity index (χ4v) is 4.28. The van der Waals surface area contributed by atoms with Gasteiger partial charge in [0, 0.05) is 17.3 Å². The molecule has 0 aliphatic carbocycles. The van der Waals surface area contributed by atoms with Crippen molar-refractivity contribution in [1.29, 1.82) is 0 Å². The summed E-state index contributed by atoms with van der Waals surface area (Å²) in [5.74, 6) is -2.30. The molecule has 1 N–H and O–H groups in total. The Morgan fingerprint density at radius 2 is 1.51 bits per heavy atom. The molecule has 0 radical (unpaired) electrons. The van der Waals surface area contributed by atoms with Gasteiger partial charge in [-0.25, -0.2) is 8.78 Å². The number of anilines is 1. The van der Waals surface area contributed by atoms with Crippen molar-refractivity contribution in [3.8, 4) is 5.75 Å². The molecule has 1 heterocycles. The Morgan fingerprint density at radius 1 is 0.914 bits per heavy atom. The number of amides is 2. The van der Waals surface area contributed by atoms with Crippen LogP contribution in [0.4, 0.5) is 14.5 Å². The summed E-state index contributed by atoms with van der Waals surface area (Å²) in [5, 5.41) is 3.16. The predicted octanol–water partition coefficient (Wildman–Crippen LogP) is 5.53. The van der Waals surface area contributed by atoms with Gasteiger partial charge in [-0.2, -0.15) is 0 Å². The Kier molecular flexibility index (Phi) is 6.19. The number of likely N-dealkylation sites (tertiary alicyclic amines) is 1. The molecule has 1 aliphatic heterocycles. The number of halogens is 2. The summed E-state index contributed by atoms with van der Waals surface area (Å²) in [7, 11) is 1.53. The predicted molar refractivity (Wildman–Crippen MR) is 131 cm³/mol. The lowest BCUT2D eigenvalue weighted by molar-refractivity contribution is -0.144. The van der Waals surface area contributed by atoms with E-state index >= 15 is 0 Å². The third-order valence-electron chi connectivity index (χ3n) is 5.86. The summed E-state index contributed by atoms with van der Waals surface area (Å²) in [6.07, 6.45) is 1.59. The van der Waals surface area contributed by atoms with Crippen molar-refractivity contribution in [2.24, 2.45) is 0 Å². The Labute approximate surface area is 203 Å². The average Bonchev–Trinajstić information content (AvgIpc) is 3.01. The third kappa shape index (κ3) is 4.41. The van der Waals surface area contributed by atoms with Crippen LogP contribution in [0.2, 0.25) is 0 Å². The smallest absolute Gasteiger partial charge is 0.265 e. The number of hydrogen-bond acceptors (Lipinski definition) is 4. The number of ether oxygens (including phenoxy) is 1. The highest BCUT2D eigenvalue weighted by molar-refractivity contribution is 6.23. The first-order valence-electron chi connectivity index (χ1n) is 11.1. The second-order valence-electron chi connectivity index (χ2n) is 9.35. The van der Waals surface area contributed by atoms with Gasteiger partial charge < -0.3 is 10.1 Å². The highest BCUT2D eigenvalue weighted by Crippen LogP contribution is 2.45. The van der Waals surface area contributed by atoms with E-state index in [2.05, 4.69) is 5.32 Å². The number of nitrogens with zero attached hydrogens (tertiary/aromatic N) is 1. The number of hydrogen-bond donors (Lipinski definition) is 1. The van der Waals surface area contributed by atoms with E-state index in [9.17, 15) is 18.4 Å². The second kappa shape index (κ2) is 8.98. The monoisotopic (exact) mass is 476 g/mol. The quantitative estimate of drug-likeness (QED) is 0.389. The van der Waals surface area contributed by atoms with Crippen molar-refractivity contribution >= 4 is 23.6 Å². The zero-order valence-electron chi connectivity index (χ0n) is 19.9. The average molecular weight is 477 g/mol. The molecular formula is C28H26F2N2O3. The molecule has 3 aromatic rings. The minimum atomic E-state index is -1.88. The van der Waals surface area contributed by atoms with Crippen LogP contribution in [0.1, 0.15) is 31.9 Å². The second-order valence-corrected chi connectivity index (χ2v) is 9.35. The van der Waals surface area contributed by atoms with E-state index in [1.54, 1.807) is 75.4 Å². The zero-order chi connectivity index (χ0) is 25.4. The fourth-order valence-electron chi connectivity index (χ4n) is 4.28. The molecule has 35 heavy (non-hydrogen) atoms. The largest absolute Gasteiger partial charge is 0.497 e. The summed E-state index contributed by atoms with van der Waals surface area (Å²) >= 11 is 0. The lowest BCUT2D eigenvalue weighted by atomic mass is 9.82. The van der Waals surface area contributed by atoms with Crippen molar-refractivity contribution in [3.05, 3.63) is 101 Å². The molecule has 4 rings (SSSR count). The first kappa shape index (κ1) is 24.1. The van der Waals surface area contributed by atoms with E-state index in [0.29, 0.717) is 17.0 Å². The van der Waals surface area contributed by atoms with E-state index in [1.807, 2.05) is 6.07 Å². The number of carbonyl (C=O) groups is 2. The molecule has 1 unspecified atom stereocenters. The van der Waals surface area contributed by atoms with Gasteiger partial charge in [-0.1, -0.05) is 30.3 Å². The highest BCUT2D eigenvalue weighted by atomic mass is 19.1. The summed E-state index contributed by atoms with van der Waals surface area (Å²) in [5.41, 5.74) is -1.59. The Morgan fingerprint density at radius 3 is 2.06 bits per heavy atom. The molecule has 0 bridgehead atoms. The van der Waals surface area contributed by atoms with E-state index in [1.165, 1.54) is 7.11 Å². The van der Waals surface area contributed by atoms with Crippen molar-refractivity contribution in [2.75, 3.05) is 12.4 Å². The standard InChI is InChI=1S/C28H26F2N2O3/c1-27(2,3)32-25(33)24(14-18-8-6-5-7-9-18)28(26(32)34,19-15-20(29)17-21(30)16-19)31-22-10-12-23(35-4)13-11-22/h5-17,31H,1-4H3.